The summed E-state index contributed by atoms with van der Waals surface area (Å²) in [4.78, 5) is 13.4. The first-order chi connectivity index (χ1) is 18.5. The topological polar surface area (TPSA) is 113 Å². The summed E-state index contributed by atoms with van der Waals surface area (Å²) < 4.78 is 28.4. The normalized spacial score (nSPS) is 13.3. The van der Waals surface area contributed by atoms with Crippen LogP contribution in [0.3, 0.4) is 0 Å². The molecule has 0 aliphatic rings. The number of aliphatic hydroxyl groups is 1. The molecule has 0 bridgehead atoms. The molecule has 0 unspecified atom stereocenters. The zero-order valence-electron chi connectivity index (χ0n) is 22.9. The summed E-state index contributed by atoms with van der Waals surface area (Å²) in [6, 6.07) is 22.7. The molecule has 0 spiro atoms. The van der Waals surface area contributed by atoms with E-state index in [2.05, 4.69) is 11.9 Å². The Morgan fingerprint density at radius 1 is 0.974 bits per heavy atom. The third-order valence-corrected chi connectivity index (χ3v) is 8.29. The van der Waals surface area contributed by atoms with E-state index in [1.54, 1.807) is 30.3 Å². The highest BCUT2D eigenvalue weighted by atomic mass is 32.2. The van der Waals surface area contributed by atoms with Crippen molar-refractivity contribution in [2.45, 2.75) is 50.7 Å². The molecule has 3 aromatic rings. The third-order valence-electron chi connectivity index (χ3n) is 6.44. The highest BCUT2D eigenvalue weighted by Crippen LogP contribution is 2.20. The Morgan fingerprint density at radius 2 is 1.59 bits per heavy atom. The van der Waals surface area contributed by atoms with Gasteiger partial charge in [0.15, 0.2) is 0 Å². The number of amides is 1. The lowest BCUT2D eigenvalue weighted by Gasteiger charge is -2.31. The minimum absolute atomic E-state index is 0.0282. The number of benzene rings is 3. The van der Waals surface area contributed by atoms with Gasteiger partial charge in [0.1, 0.15) is 0 Å². The number of sulfonamides is 1. The molecule has 0 aliphatic heterocycles. The van der Waals surface area contributed by atoms with Gasteiger partial charge in [0, 0.05) is 24.4 Å². The van der Waals surface area contributed by atoms with Gasteiger partial charge in [-0.25, -0.2) is 8.42 Å². The number of aliphatic hydroxyl groups excluding tert-OH is 1. The van der Waals surface area contributed by atoms with Crippen molar-refractivity contribution in [2.24, 2.45) is 11.7 Å². The van der Waals surface area contributed by atoms with Crippen LogP contribution in [0.1, 0.15) is 36.1 Å². The standard InChI is InChI=1S/C31H39N3O4S/c1-22(2)20-34(39(37,38)27-16-14-23(3)15-17-27)21-30(35)29(18-25-10-6-5-7-11-25)33-31(36)19-26-12-8-9-13-28(26)24(4)32/h5-17,22,29-30,35H,4,18-21,32H2,1-3H3,(H,33,36)/t29-,30+/m0/s1. The van der Waals surface area contributed by atoms with E-state index in [-0.39, 0.29) is 36.2 Å². The Hall–Kier alpha value is -3.46. The van der Waals surface area contributed by atoms with Crippen LogP contribution in [0.5, 0.6) is 0 Å². The van der Waals surface area contributed by atoms with E-state index in [0.29, 0.717) is 17.7 Å². The summed E-state index contributed by atoms with van der Waals surface area (Å²) in [5, 5.41) is 14.4. The van der Waals surface area contributed by atoms with Gasteiger partial charge in [-0.3, -0.25) is 4.79 Å². The number of hydrogen-bond donors (Lipinski definition) is 3. The van der Waals surface area contributed by atoms with Gasteiger partial charge >= 0.3 is 0 Å². The molecule has 7 nitrogen and oxygen atoms in total. The van der Waals surface area contributed by atoms with Gasteiger partial charge in [0.2, 0.25) is 15.9 Å². The molecular formula is C31H39N3O4S. The molecule has 8 heteroatoms. The number of carbonyl (C=O) groups excluding carboxylic acids is 1. The largest absolute Gasteiger partial charge is 0.399 e. The monoisotopic (exact) mass is 549 g/mol. The van der Waals surface area contributed by atoms with E-state index in [0.717, 1.165) is 16.7 Å². The first-order valence-electron chi connectivity index (χ1n) is 13.1. The number of hydrogen-bond acceptors (Lipinski definition) is 5. The van der Waals surface area contributed by atoms with Gasteiger partial charge in [-0.05, 0) is 42.5 Å². The van der Waals surface area contributed by atoms with Crippen molar-refractivity contribution in [3.05, 3.63) is 108 Å². The molecule has 0 fully saturated rings. The molecule has 0 saturated carbocycles. The van der Waals surface area contributed by atoms with Crippen LogP contribution in [-0.2, 0) is 27.7 Å². The van der Waals surface area contributed by atoms with Crippen LogP contribution in [-0.4, -0.2) is 49.0 Å². The first kappa shape index (κ1) is 30.1. The molecule has 0 saturated heterocycles. The Balaban J connectivity index is 1.86. The van der Waals surface area contributed by atoms with Crippen molar-refractivity contribution >= 4 is 21.6 Å². The van der Waals surface area contributed by atoms with Crippen LogP contribution in [0.25, 0.3) is 5.70 Å². The number of nitrogens with one attached hydrogen (secondary N) is 1. The van der Waals surface area contributed by atoms with Crippen molar-refractivity contribution in [1.29, 1.82) is 0 Å². The van der Waals surface area contributed by atoms with E-state index in [1.165, 1.54) is 4.31 Å². The number of carbonyl (C=O) groups is 1. The summed E-state index contributed by atoms with van der Waals surface area (Å²) in [5.41, 5.74) is 9.55. The maximum Gasteiger partial charge on any atom is 0.243 e. The molecule has 0 aliphatic carbocycles. The Labute approximate surface area is 232 Å². The lowest BCUT2D eigenvalue weighted by Crippen LogP contribution is -2.51. The molecular weight excluding hydrogens is 510 g/mol. The summed E-state index contributed by atoms with van der Waals surface area (Å²) in [5.74, 6) is -0.277. The van der Waals surface area contributed by atoms with Crippen LogP contribution in [0.15, 0.2) is 90.3 Å². The predicted molar refractivity (Wildman–Crippen MR) is 156 cm³/mol. The molecule has 0 aromatic heterocycles. The molecule has 39 heavy (non-hydrogen) atoms. The maximum absolute atomic E-state index is 13.6. The fraction of sp³-hybridized carbons (Fsp3) is 0.323. The van der Waals surface area contributed by atoms with Gasteiger partial charge in [0.25, 0.3) is 0 Å². The predicted octanol–water partition coefficient (Wildman–Crippen LogP) is 3.90. The van der Waals surface area contributed by atoms with Crippen molar-refractivity contribution in [2.75, 3.05) is 13.1 Å². The van der Waals surface area contributed by atoms with Gasteiger partial charge in [-0.1, -0.05) is 92.7 Å². The quantitative estimate of drug-likeness (QED) is 0.299. The molecule has 3 aromatic carbocycles. The van der Waals surface area contributed by atoms with E-state index in [4.69, 9.17) is 5.73 Å². The smallest absolute Gasteiger partial charge is 0.243 e. The summed E-state index contributed by atoms with van der Waals surface area (Å²) >= 11 is 0. The Kier molecular flexibility index (Phi) is 10.5. The van der Waals surface area contributed by atoms with E-state index in [9.17, 15) is 18.3 Å². The molecule has 208 valence electrons. The fourth-order valence-electron chi connectivity index (χ4n) is 4.44. The summed E-state index contributed by atoms with van der Waals surface area (Å²) in [6.45, 7) is 9.60. The maximum atomic E-state index is 13.6. The molecule has 4 N–H and O–H groups in total. The van der Waals surface area contributed by atoms with E-state index in [1.807, 2.05) is 69.3 Å². The number of rotatable bonds is 13. The average Bonchev–Trinajstić information content (AvgIpc) is 2.88. The molecule has 2 atom stereocenters. The summed E-state index contributed by atoms with van der Waals surface area (Å²) in [6.07, 6.45) is -0.784. The average molecular weight is 550 g/mol. The lowest BCUT2D eigenvalue weighted by atomic mass is 9.99. The zero-order valence-corrected chi connectivity index (χ0v) is 23.7. The fourth-order valence-corrected chi connectivity index (χ4v) is 6.06. The van der Waals surface area contributed by atoms with Gasteiger partial charge in [-0.2, -0.15) is 4.31 Å². The third kappa shape index (κ3) is 8.51. The molecule has 0 heterocycles. The minimum Gasteiger partial charge on any atom is -0.399 e. The zero-order chi connectivity index (χ0) is 28.6. The molecule has 0 radical (unpaired) electrons. The number of nitrogens with two attached hydrogens (primary N) is 1. The van der Waals surface area contributed by atoms with Crippen molar-refractivity contribution in [1.82, 2.24) is 9.62 Å². The van der Waals surface area contributed by atoms with Crippen LogP contribution in [0.2, 0.25) is 0 Å². The van der Waals surface area contributed by atoms with Crippen molar-refractivity contribution in [3.63, 3.8) is 0 Å². The molecule has 3 rings (SSSR count). The van der Waals surface area contributed by atoms with Gasteiger partial charge in [-0.15, -0.1) is 0 Å². The Bertz CT molecular complexity index is 1360. The van der Waals surface area contributed by atoms with Crippen molar-refractivity contribution in [3.8, 4) is 0 Å². The van der Waals surface area contributed by atoms with Crippen LogP contribution in [0.4, 0.5) is 0 Å². The second-order valence-electron chi connectivity index (χ2n) is 10.3. The lowest BCUT2D eigenvalue weighted by molar-refractivity contribution is -0.122. The summed E-state index contributed by atoms with van der Waals surface area (Å²) in [7, 11) is -3.87. The van der Waals surface area contributed by atoms with E-state index >= 15 is 0 Å². The number of nitrogens with zero attached hydrogens (tertiary/aromatic N) is 1. The minimum atomic E-state index is -3.87. The molecule has 1 amide bonds. The van der Waals surface area contributed by atoms with Gasteiger partial charge in [0.05, 0.1) is 23.5 Å². The highest BCUT2D eigenvalue weighted by Gasteiger charge is 2.31. The van der Waals surface area contributed by atoms with E-state index < -0.39 is 22.2 Å². The van der Waals surface area contributed by atoms with Crippen LogP contribution in [0, 0.1) is 12.8 Å². The Morgan fingerprint density at radius 3 is 2.21 bits per heavy atom. The van der Waals surface area contributed by atoms with Crippen LogP contribution >= 0.6 is 0 Å². The van der Waals surface area contributed by atoms with Gasteiger partial charge < -0.3 is 16.2 Å². The first-order valence-corrected chi connectivity index (χ1v) is 14.5. The highest BCUT2D eigenvalue weighted by molar-refractivity contribution is 7.89. The van der Waals surface area contributed by atoms with Crippen LogP contribution < -0.4 is 11.1 Å². The number of aryl methyl sites for hydroxylation is 1. The van der Waals surface area contributed by atoms with Crippen molar-refractivity contribution < 1.29 is 18.3 Å². The second kappa shape index (κ2) is 13.6. The SMILES string of the molecule is C=C(N)c1ccccc1CC(=O)N[C@@H](Cc1ccccc1)[C@H](O)CN(CC(C)C)S(=O)(=O)c1ccc(C)cc1. The second-order valence-corrected chi connectivity index (χ2v) is 12.3.